The zero-order valence-corrected chi connectivity index (χ0v) is 25.3. The van der Waals surface area contributed by atoms with Gasteiger partial charge < -0.3 is 19.3 Å². The van der Waals surface area contributed by atoms with E-state index in [1.807, 2.05) is 12.1 Å². The molecular formula is C31H29Cl2N3O5S. The molecule has 42 heavy (non-hydrogen) atoms. The van der Waals surface area contributed by atoms with Gasteiger partial charge in [0.05, 0.1) is 31.5 Å². The molecule has 1 unspecified atom stereocenters. The number of benzene rings is 3. The number of ether oxygens (including phenoxy) is 3. The number of hydrazone groups is 1. The van der Waals surface area contributed by atoms with Gasteiger partial charge >= 0.3 is 0 Å². The summed E-state index contributed by atoms with van der Waals surface area (Å²) in [6.07, 6.45) is 2.46. The summed E-state index contributed by atoms with van der Waals surface area (Å²) >= 11 is 13.9. The molecule has 0 fully saturated rings. The maximum absolute atomic E-state index is 12.4. The molecule has 1 aliphatic heterocycles. The largest absolute Gasteiger partial charge is 0.506 e. The first kappa shape index (κ1) is 29.7. The molecule has 4 aromatic rings. The normalized spacial score (nSPS) is 14.9. The molecule has 11 heteroatoms. The van der Waals surface area contributed by atoms with Crippen molar-refractivity contribution in [2.24, 2.45) is 5.10 Å². The Kier molecular flexibility index (Phi) is 9.54. The summed E-state index contributed by atoms with van der Waals surface area (Å²) in [6.45, 7) is 2.01. The summed E-state index contributed by atoms with van der Waals surface area (Å²) in [6, 6.07) is 18.0. The van der Waals surface area contributed by atoms with Crippen molar-refractivity contribution in [3.05, 3.63) is 103 Å². The Hall–Kier alpha value is -3.76. The highest BCUT2D eigenvalue weighted by Crippen LogP contribution is 2.40. The molecule has 0 saturated carbocycles. The third-order valence-corrected chi connectivity index (χ3v) is 8.50. The van der Waals surface area contributed by atoms with Crippen LogP contribution in [0.5, 0.6) is 23.0 Å². The minimum absolute atomic E-state index is 0.0775. The predicted octanol–water partition coefficient (Wildman–Crippen LogP) is 6.57. The average Bonchev–Trinajstić information content (AvgIpc) is 3.48. The van der Waals surface area contributed by atoms with Gasteiger partial charge in [-0.25, -0.2) is 5.43 Å². The molecule has 1 aromatic heterocycles. The zero-order valence-electron chi connectivity index (χ0n) is 23.0. The van der Waals surface area contributed by atoms with Crippen molar-refractivity contribution in [1.29, 1.82) is 0 Å². The lowest BCUT2D eigenvalue weighted by atomic mass is 9.93. The molecule has 2 N–H and O–H groups in total. The van der Waals surface area contributed by atoms with E-state index in [1.54, 1.807) is 37.7 Å². The highest BCUT2D eigenvalue weighted by molar-refractivity contribution is 7.10. The van der Waals surface area contributed by atoms with Crippen LogP contribution < -0.4 is 19.6 Å². The molecule has 1 amide bonds. The van der Waals surface area contributed by atoms with Gasteiger partial charge in [-0.15, -0.1) is 11.3 Å². The third-order valence-electron chi connectivity index (χ3n) is 6.95. The fourth-order valence-electron chi connectivity index (χ4n) is 4.90. The van der Waals surface area contributed by atoms with Crippen molar-refractivity contribution in [3.8, 4) is 23.0 Å². The van der Waals surface area contributed by atoms with Gasteiger partial charge in [0, 0.05) is 34.1 Å². The van der Waals surface area contributed by atoms with E-state index in [0.29, 0.717) is 41.0 Å². The summed E-state index contributed by atoms with van der Waals surface area (Å²) in [5.41, 5.74) is 5.85. The van der Waals surface area contributed by atoms with E-state index in [4.69, 9.17) is 37.4 Å². The van der Waals surface area contributed by atoms with Gasteiger partial charge in [0.1, 0.15) is 12.4 Å². The van der Waals surface area contributed by atoms with Crippen LogP contribution in [0.15, 0.2) is 71.1 Å². The molecule has 8 nitrogen and oxygen atoms in total. The van der Waals surface area contributed by atoms with Crippen molar-refractivity contribution in [2.75, 3.05) is 33.9 Å². The lowest BCUT2D eigenvalue weighted by Gasteiger charge is -2.36. The number of amides is 1. The predicted molar refractivity (Wildman–Crippen MR) is 166 cm³/mol. The molecule has 0 radical (unpaired) electrons. The molecule has 0 spiro atoms. The number of aromatic hydroxyl groups is 1. The van der Waals surface area contributed by atoms with Gasteiger partial charge in [-0.3, -0.25) is 9.69 Å². The van der Waals surface area contributed by atoms with E-state index in [-0.39, 0.29) is 22.4 Å². The highest BCUT2D eigenvalue weighted by atomic mass is 35.5. The Morgan fingerprint density at radius 2 is 1.83 bits per heavy atom. The Balaban J connectivity index is 1.27. The van der Waals surface area contributed by atoms with Gasteiger partial charge in [0.15, 0.2) is 11.5 Å². The highest BCUT2D eigenvalue weighted by Gasteiger charge is 2.29. The number of nitrogens with zero attached hydrogens (tertiary/aromatic N) is 2. The summed E-state index contributed by atoms with van der Waals surface area (Å²) in [7, 11) is 3.11. The van der Waals surface area contributed by atoms with Gasteiger partial charge in [0.2, 0.25) is 5.75 Å². The number of carbonyl (C=O) groups excluding carboxylic acids is 1. The number of hydrogen-bond acceptors (Lipinski definition) is 8. The monoisotopic (exact) mass is 625 g/mol. The van der Waals surface area contributed by atoms with Crippen LogP contribution >= 0.6 is 34.5 Å². The van der Waals surface area contributed by atoms with Crippen LogP contribution in [0, 0.1) is 0 Å². The molecular weight excluding hydrogens is 597 g/mol. The van der Waals surface area contributed by atoms with Crippen LogP contribution in [0.1, 0.15) is 38.0 Å². The van der Waals surface area contributed by atoms with E-state index in [0.717, 1.165) is 13.0 Å². The van der Waals surface area contributed by atoms with Crippen molar-refractivity contribution in [1.82, 2.24) is 10.3 Å². The number of rotatable bonds is 10. The fourth-order valence-corrected chi connectivity index (χ4v) is 6.12. The first-order valence-electron chi connectivity index (χ1n) is 13.1. The molecule has 0 saturated heterocycles. The first-order valence-corrected chi connectivity index (χ1v) is 14.8. The van der Waals surface area contributed by atoms with Gasteiger partial charge in [0.25, 0.3) is 5.91 Å². The number of halogens is 2. The summed E-state index contributed by atoms with van der Waals surface area (Å²) < 4.78 is 17.5. The number of fused-ring (bicyclic) bond motifs is 1. The minimum Gasteiger partial charge on any atom is -0.506 e. The second-order valence-corrected chi connectivity index (χ2v) is 11.4. The topological polar surface area (TPSA) is 92.6 Å². The molecule has 218 valence electrons. The van der Waals surface area contributed by atoms with Crippen LogP contribution in [0.2, 0.25) is 10.0 Å². The second-order valence-electron chi connectivity index (χ2n) is 9.51. The van der Waals surface area contributed by atoms with Crippen molar-refractivity contribution >= 4 is 46.7 Å². The van der Waals surface area contributed by atoms with Crippen LogP contribution in [0.4, 0.5) is 0 Å². The van der Waals surface area contributed by atoms with Crippen LogP contribution in [-0.2, 0) is 6.42 Å². The van der Waals surface area contributed by atoms with Crippen LogP contribution in [-0.4, -0.2) is 56.0 Å². The number of methoxy groups -OCH3 is 2. The van der Waals surface area contributed by atoms with Crippen LogP contribution in [0.25, 0.3) is 0 Å². The second kappa shape index (κ2) is 13.5. The standard InChI is InChI=1S/C31H29Cl2N3O5S/c1-39-26-15-19(18-34-35-31(38)21-5-8-25(37)24(33)17-21)16-27(40-2)30(26)41-13-12-36-11-9-28-23(10-14-42-28)29(36)20-3-6-22(32)7-4-20/h3-8,10,14-18,29,37H,9,11-13H2,1-2H3,(H,35,38)/b34-18+. The summed E-state index contributed by atoms with van der Waals surface area (Å²) in [4.78, 5) is 16.2. The Bertz CT molecular complexity index is 1570. The number of carbonyl (C=O) groups is 1. The molecule has 2 heterocycles. The number of hydrogen-bond donors (Lipinski definition) is 2. The smallest absolute Gasteiger partial charge is 0.271 e. The Morgan fingerprint density at radius 1 is 1.10 bits per heavy atom. The fraction of sp³-hybridized carbons (Fsp3) is 0.226. The SMILES string of the molecule is COc1cc(/C=N/NC(=O)c2ccc(O)c(Cl)c2)cc(OC)c1OCCN1CCc2sccc2C1c1ccc(Cl)cc1. The van der Waals surface area contributed by atoms with Crippen molar-refractivity contribution in [2.45, 2.75) is 12.5 Å². The number of nitrogens with one attached hydrogen (secondary N) is 1. The van der Waals surface area contributed by atoms with Crippen molar-refractivity contribution < 1.29 is 24.1 Å². The molecule has 3 aromatic carbocycles. The first-order chi connectivity index (χ1) is 20.4. The quantitative estimate of drug-likeness (QED) is 0.153. The Morgan fingerprint density at radius 3 is 2.52 bits per heavy atom. The van der Waals surface area contributed by atoms with Gasteiger partial charge in [-0.1, -0.05) is 35.3 Å². The summed E-state index contributed by atoms with van der Waals surface area (Å²) in [5.74, 6) is 0.848. The third kappa shape index (κ3) is 6.65. The van der Waals surface area contributed by atoms with E-state index >= 15 is 0 Å². The maximum atomic E-state index is 12.4. The summed E-state index contributed by atoms with van der Waals surface area (Å²) in [5, 5.41) is 16.5. The Labute approximate surface area is 258 Å². The molecule has 0 aliphatic carbocycles. The van der Waals surface area contributed by atoms with Gasteiger partial charge in [-0.2, -0.15) is 5.10 Å². The van der Waals surface area contributed by atoms with E-state index in [1.165, 1.54) is 40.4 Å². The molecule has 1 atom stereocenters. The van der Waals surface area contributed by atoms with Crippen LogP contribution in [0.3, 0.4) is 0 Å². The van der Waals surface area contributed by atoms with E-state index < -0.39 is 5.91 Å². The lowest BCUT2D eigenvalue weighted by Crippen LogP contribution is -2.38. The van der Waals surface area contributed by atoms with E-state index in [2.05, 4.69) is 39.0 Å². The molecule has 5 rings (SSSR count). The lowest BCUT2D eigenvalue weighted by molar-refractivity contribution is 0.0955. The number of phenolic OH excluding ortho intramolecular Hbond substituents is 1. The molecule has 1 aliphatic rings. The van der Waals surface area contributed by atoms with Crippen molar-refractivity contribution in [3.63, 3.8) is 0 Å². The maximum Gasteiger partial charge on any atom is 0.271 e. The zero-order chi connectivity index (χ0) is 29.6. The van der Waals surface area contributed by atoms with E-state index in [9.17, 15) is 9.90 Å². The minimum atomic E-state index is -0.476. The average molecular weight is 627 g/mol. The molecule has 0 bridgehead atoms. The number of thiophene rings is 1. The number of phenols is 1. The van der Waals surface area contributed by atoms with Gasteiger partial charge in [-0.05, 0) is 71.5 Å².